The molecule has 1 aromatic heterocycles. The summed E-state index contributed by atoms with van der Waals surface area (Å²) < 4.78 is 17.7. The van der Waals surface area contributed by atoms with E-state index in [1.165, 1.54) is 7.11 Å². The van der Waals surface area contributed by atoms with Gasteiger partial charge in [0.2, 0.25) is 0 Å². The number of para-hydroxylation sites is 1. The minimum Gasteiger partial charge on any atom is -0.496 e. The zero-order chi connectivity index (χ0) is 22.5. The fraction of sp³-hybridized carbons (Fsp3) is 0.125. The highest BCUT2D eigenvalue weighted by Crippen LogP contribution is 2.32. The second kappa shape index (κ2) is 9.22. The van der Waals surface area contributed by atoms with E-state index in [4.69, 9.17) is 14.2 Å². The molecule has 1 N–H and O–H groups in total. The lowest BCUT2D eigenvalue weighted by atomic mass is 10.1. The molecule has 0 saturated carbocycles. The van der Waals surface area contributed by atoms with Gasteiger partial charge in [0.05, 0.1) is 44.5 Å². The van der Waals surface area contributed by atoms with Gasteiger partial charge in [0.25, 0.3) is 5.91 Å². The van der Waals surface area contributed by atoms with Gasteiger partial charge in [0, 0.05) is 11.3 Å². The van der Waals surface area contributed by atoms with Crippen LogP contribution in [0.3, 0.4) is 0 Å². The molecular weight excluding hydrogens is 408 g/mol. The number of methoxy groups -OCH3 is 3. The molecule has 0 atom stereocenters. The lowest BCUT2D eigenvalue weighted by molar-refractivity contribution is 0.102. The fourth-order valence-electron chi connectivity index (χ4n) is 3.33. The number of hydrogen-bond donors (Lipinski definition) is 1. The molecule has 1 heterocycles. The summed E-state index contributed by atoms with van der Waals surface area (Å²) in [6, 6.07) is 20.0. The molecule has 1 amide bonds. The van der Waals surface area contributed by atoms with Crippen LogP contribution in [0, 0.1) is 0 Å². The molecule has 0 spiro atoms. The van der Waals surface area contributed by atoms with Crippen LogP contribution in [0.4, 0.5) is 5.69 Å². The fourth-order valence-corrected chi connectivity index (χ4v) is 3.33. The maximum atomic E-state index is 12.6. The Bertz CT molecular complexity index is 1230. The summed E-state index contributed by atoms with van der Waals surface area (Å²) in [5.74, 6) is 1.53. The molecule has 8 heteroatoms. The number of amides is 1. The largest absolute Gasteiger partial charge is 0.496 e. The number of ether oxygens (including phenoxy) is 3. The Morgan fingerprint density at radius 2 is 1.56 bits per heavy atom. The quantitative estimate of drug-likeness (QED) is 0.473. The first-order valence-corrected chi connectivity index (χ1v) is 9.82. The van der Waals surface area contributed by atoms with Gasteiger partial charge in [0.1, 0.15) is 5.75 Å². The van der Waals surface area contributed by atoms with Crippen molar-refractivity contribution in [1.29, 1.82) is 0 Å². The van der Waals surface area contributed by atoms with Gasteiger partial charge in [-0.05, 0) is 54.6 Å². The number of nitrogens with zero attached hydrogens (tertiary/aromatic N) is 3. The molecule has 0 radical (unpaired) electrons. The lowest BCUT2D eigenvalue weighted by Crippen LogP contribution is -2.13. The summed E-state index contributed by atoms with van der Waals surface area (Å²) in [6.07, 6.45) is 1.68. The molecule has 162 valence electrons. The van der Waals surface area contributed by atoms with Crippen molar-refractivity contribution in [3.05, 3.63) is 78.5 Å². The van der Waals surface area contributed by atoms with Crippen molar-refractivity contribution in [1.82, 2.24) is 15.0 Å². The first kappa shape index (κ1) is 20.9. The average molecular weight is 430 g/mol. The molecule has 0 aliphatic carbocycles. The van der Waals surface area contributed by atoms with E-state index in [0.717, 1.165) is 16.9 Å². The SMILES string of the molecule is COc1ccc(-c2cnnn2-c2ccc(NC(=O)c3ccccc3OC)cc2)cc1OC. The molecule has 0 saturated heterocycles. The summed E-state index contributed by atoms with van der Waals surface area (Å²) in [4.78, 5) is 12.6. The van der Waals surface area contributed by atoms with E-state index in [9.17, 15) is 4.79 Å². The Balaban J connectivity index is 1.57. The van der Waals surface area contributed by atoms with Crippen LogP contribution < -0.4 is 19.5 Å². The van der Waals surface area contributed by atoms with E-state index in [1.807, 2.05) is 48.5 Å². The van der Waals surface area contributed by atoms with E-state index in [0.29, 0.717) is 28.5 Å². The zero-order valence-corrected chi connectivity index (χ0v) is 17.9. The van der Waals surface area contributed by atoms with Crippen molar-refractivity contribution in [2.24, 2.45) is 0 Å². The third kappa shape index (κ3) is 4.11. The Kier molecular flexibility index (Phi) is 6.03. The van der Waals surface area contributed by atoms with Gasteiger partial charge in [-0.25, -0.2) is 4.68 Å². The van der Waals surface area contributed by atoms with Crippen LogP contribution in [-0.4, -0.2) is 42.2 Å². The standard InChI is InChI=1S/C24H22N4O4/c1-30-21-7-5-4-6-19(21)24(29)26-17-9-11-18(12-10-17)28-20(15-25-27-28)16-8-13-22(31-2)23(14-16)32-3/h4-15H,1-3H3,(H,26,29). The Morgan fingerprint density at radius 3 is 2.28 bits per heavy atom. The van der Waals surface area contributed by atoms with Gasteiger partial charge in [0.15, 0.2) is 11.5 Å². The van der Waals surface area contributed by atoms with Crippen molar-refractivity contribution in [2.75, 3.05) is 26.6 Å². The van der Waals surface area contributed by atoms with Gasteiger partial charge in [-0.3, -0.25) is 4.79 Å². The summed E-state index contributed by atoms with van der Waals surface area (Å²) >= 11 is 0. The minimum absolute atomic E-state index is 0.248. The number of carbonyl (C=O) groups is 1. The molecule has 32 heavy (non-hydrogen) atoms. The van der Waals surface area contributed by atoms with Crippen LogP contribution in [0.25, 0.3) is 16.9 Å². The van der Waals surface area contributed by atoms with E-state index in [-0.39, 0.29) is 5.91 Å². The molecule has 3 aromatic carbocycles. The highest BCUT2D eigenvalue weighted by molar-refractivity contribution is 6.06. The second-order valence-corrected chi connectivity index (χ2v) is 6.80. The number of nitrogens with one attached hydrogen (secondary N) is 1. The number of anilines is 1. The average Bonchev–Trinajstić information content (AvgIpc) is 3.34. The minimum atomic E-state index is -0.248. The van der Waals surface area contributed by atoms with Crippen LogP contribution in [0.2, 0.25) is 0 Å². The number of aromatic nitrogens is 3. The predicted octanol–water partition coefficient (Wildman–Crippen LogP) is 4.21. The molecule has 0 fully saturated rings. The molecule has 0 bridgehead atoms. The summed E-state index contributed by atoms with van der Waals surface area (Å²) in [7, 11) is 4.72. The molecule has 0 aliphatic heterocycles. The highest BCUT2D eigenvalue weighted by atomic mass is 16.5. The van der Waals surface area contributed by atoms with Gasteiger partial charge in [-0.2, -0.15) is 0 Å². The molecule has 0 aliphatic rings. The van der Waals surface area contributed by atoms with Gasteiger partial charge >= 0.3 is 0 Å². The first-order chi connectivity index (χ1) is 15.6. The van der Waals surface area contributed by atoms with E-state index in [1.54, 1.807) is 43.3 Å². The number of benzene rings is 3. The van der Waals surface area contributed by atoms with E-state index < -0.39 is 0 Å². The Morgan fingerprint density at radius 1 is 0.844 bits per heavy atom. The number of rotatable bonds is 7. The maximum absolute atomic E-state index is 12.6. The van der Waals surface area contributed by atoms with Gasteiger partial charge < -0.3 is 19.5 Å². The Labute approximate surface area is 185 Å². The molecule has 4 aromatic rings. The topological polar surface area (TPSA) is 87.5 Å². The number of hydrogen-bond acceptors (Lipinski definition) is 6. The van der Waals surface area contributed by atoms with Crippen molar-refractivity contribution in [3.63, 3.8) is 0 Å². The summed E-state index contributed by atoms with van der Waals surface area (Å²) in [6.45, 7) is 0. The maximum Gasteiger partial charge on any atom is 0.259 e. The zero-order valence-electron chi connectivity index (χ0n) is 17.9. The molecule has 4 rings (SSSR count). The monoisotopic (exact) mass is 430 g/mol. The lowest BCUT2D eigenvalue weighted by Gasteiger charge is -2.12. The van der Waals surface area contributed by atoms with Crippen molar-refractivity contribution >= 4 is 11.6 Å². The predicted molar refractivity (Wildman–Crippen MR) is 121 cm³/mol. The van der Waals surface area contributed by atoms with Crippen LogP contribution in [0.1, 0.15) is 10.4 Å². The van der Waals surface area contributed by atoms with Crippen molar-refractivity contribution in [3.8, 4) is 34.2 Å². The van der Waals surface area contributed by atoms with Gasteiger partial charge in [-0.15, -0.1) is 5.10 Å². The summed E-state index contributed by atoms with van der Waals surface area (Å²) in [5, 5.41) is 11.2. The van der Waals surface area contributed by atoms with Crippen LogP contribution in [0.15, 0.2) is 72.9 Å². The molecule has 8 nitrogen and oxygen atoms in total. The third-order valence-corrected chi connectivity index (χ3v) is 4.95. The number of carbonyl (C=O) groups excluding carboxylic acids is 1. The molecular formula is C24H22N4O4. The van der Waals surface area contributed by atoms with Crippen molar-refractivity contribution in [2.45, 2.75) is 0 Å². The molecule has 0 unspecified atom stereocenters. The third-order valence-electron chi connectivity index (χ3n) is 4.95. The normalized spacial score (nSPS) is 10.5. The van der Waals surface area contributed by atoms with E-state index >= 15 is 0 Å². The smallest absolute Gasteiger partial charge is 0.259 e. The van der Waals surface area contributed by atoms with E-state index in [2.05, 4.69) is 15.6 Å². The Hall–Kier alpha value is -4.33. The summed E-state index contributed by atoms with van der Waals surface area (Å²) in [5.41, 5.74) is 3.57. The second-order valence-electron chi connectivity index (χ2n) is 6.80. The highest BCUT2D eigenvalue weighted by Gasteiger charge is 2.14. The first-order valence-electron chi connectivity index (χ1n) is 9.82. The van der Waals surface area contributed by atoms with Crippen molar-refractivity contribution < 1.29 is 19.0 Å². The van der Waals surface area contributed by atoms with Crippen LogP contribution >= 0.6 is 0 Å². The van der Waals surface area contributed by atoms with Crippen LogP contribution in [-0.2, 0) is 0 Å². The van der Waals surface area contributed by atoms with Gasteiger partial charge in [-0.1, -0.05) is 17.3 Å². The van der Waals surface area contributed by atoms with Crippen LogP contribution in [0.5, 0.6) is 17.2 Å².